The quantitative estimate of drug-likeness (QED) is 0.399. The molecule has 11 nitrogen and oxygen atoms in total. The molecule has 0 spiro atoms. The highest BCUT2D eigenvalue weighted by Gasteiger charge is 2.47. The Kier molecular flexibility index (Phi) is 10.3. The monoisotopic (exact) mass is 659 g/mol. The van der Waals surface area contributed by atoms with Crippen LogP contribution in [0, 0.1) is 11.8 Å². The van der Waals surface area contributed by atoms with Crippen LogP contribution in [0.5, 0.6) is 5.88 Å². The van der Waals surface area contributed by atoms with Crippen LogP contribution in [-0.4, -0.2) is 74.9 Å². The molecule has 1 aromatic heterocycles. The maximum absolute atomic E-state index is 14.4. The molecule has 258 valence electrons. The number of carbonyl (C=O) groups excluding carboxylic acids is 4. The van der Waals surface area contributed by atoms with E-state index >= 15 is 0 Å². The van der Waals surface area contributed by atoms with E-state index in [4.69, 9.17) is 19.4 Å². The number of rotatable bonds is 1. The second-order valence-electron chi connectivity index (χ2n) is 14.3. The predicted octanol–water partition coefficient (Wildman–Crippen LogP) is 5.20. The van der Waals surface area contributed by atoms with Crippen molar-refractivity contribution in [2.75, 3.05) is 6.54 Å². The Balaban J connectivity index is 1.36. The molecule has 48 heavy (non-hydrogen) atoms. The number of nitrogens with zero attached hydrogens (tertiary/aromatic N) is 3. The van der Waals surface area contributed by atoms with E-state index in [1.54, 1.807) is 6.92 Å². The average molecular weight is 660 g/mol. The number of Topliss-reactive ketones (excluding diaryl/α,β-unsaturated/α-hetero) is 1. The summed E-state index contributed by atoms with van der Waals surface area (Å²) in [6, 6.07) is 5.89. The highest BCUT2D eigenvalue weighted by atomic mass is 16.6. The summed E-state index contributed by atoms with van der Waals surface area (Å²) in [6.45, 7) is 5.27. The first-order valence-corrected chi connectivity index (χ1v) is 17.8. The fraction of sp³-hybridized carbons (Fsp3) is 0.622. The fourth-order valence-electron chi connectivity index (χ4n) is 7.27. The summed E-state index contributed by atoms with van der Waals surface area (Å²) in [5, 5.41) is 5.89. The van der Waals surface area contributed by atoms with Gasteiger partial charge in [-0.2, -0.15) is 0 Å². The molecule has 1 aromatic carbocycles. The van der Waals surface area contributed by atoms with Crippen molar-refractivity contribution in [1.82, 2.24) is 25.5 Å². The van der Waals surface area contributed by atoms with E-state index in [1.165, 1.54) is 11.8 Å². The fourth-order valence-corrected chi connectivity index (χ4v) is 7.27. The Morgan fingerprint density at radius 1 is 0.958 bits per heavy atom. The van der Waals surface area contributed by atoms with Crippen molar-refractivity contribution >= 4 is 34.7 Å². The molecule has 1 saturated heterocycles. The lowest BCUT2D eigenvalue weighted by Crippen LogP contribution is -2.60. The summed E-state index contributed by atoms with van der Waals surface area (Å²) in [4.78, 5) is 66.0. The predicted molar refractivity (Wildman–Crippen MR) is 180 cm³/mol. The van der Waals surface area contributed by atoms with E-state index in [2.05, 4.69) is 16.7 Å². The van der Waals surface area contributed by atoms with Crippen molar-refractivity contribution in [3.05, 3.63) is 42.1 Å². The third kappa shape index (κ3) is 7.65. The lowest BCUT2D eigenvalue weighted by molar-refractivity contribution is -0.142. The first-order chi connectivity index (χ1) is 23.1. The molecule has 2 fully saturated rings. The molecule has 4 aliphatic rings. The molecule has 6 rings (SSSR count). The van der Waals surface area contributed by atoms with E-state index in [-0.39, 0.29) is 36.7 Å². The topological polar surface area (TPSA) is 140 Å². The molecule has 1 aliphatic carbocycles. The number of alkyl carbamates (subject to hydrolysis) is 1. The van der Waals surface area contributed by atoms with Crippen molar-refractivity contribution < 1.29 is 28.7 Å². The van der Waals surface area contributed by atoms with E-state index in [0.29, 0.717) is 30.2 Å². The van der Waals surface area contributed by atoms with Gasteiger partial charge in [0.15, 0.2) is 5.78 Å². The van der Waals surface area contributed by atoms with Gasteiger partial charge in [0.1, 0.15) is 35.5 Å². The van der Waals surface area contributed by atoms with Crippen LogP contribution < -0.4 is 15.4 Å². The molecule has 3 amide bonds. The van der Waals surface area contributed by atoms with Gasteiger partial charge in [-0.15, -0.1) is 0 Å². The standard InChI is InChI=1S/C37H49N5O6/c1-23-14-8-5-4-6-10-19-30-35(45)42-22-26(21-31(42)33(44)41-37(23,3)24(2)43)47-34-29(38-27-16-12-13-17-28(27)39-34)18-11-7-9-15-25-20-32(25)48-36(46)40-30/h8,12-14,16-17,23,25-26,30-32H,4-7,9-11,15,18-22H2,1-3H3,(H,40,46)(H,41,44)/b14-8-/t23-,25+,26+,30-,31-,32+,37+/m0/s1. The summed E-state index contributed by atoms with van der Waals surface area (Å²) in [5.41, 5.74) is 1.09. The lowest BCUT2D eigenvalue weighted by Gasteiger charge is -2.35. The Labute approximate surface area is 282 Å². The molecule has 1 saturated carbocycles. The van der Waals surface area contributed by atoms with Gasteiger partial charge in [0.05, 0.1) is 17.6 Å². The van der Waals surface area contributed by atoms with Gasteiger partial charge in [-0.25, -0.2) is 14.8 Å². The Morgan fingerprint density at radius 3 is 2.50 bits per heavy atom. The molecule has 4 heterocycles. The summed E-state index contributed by atoms with van der Waals surface area (Å²) in [6.07, 6.45) is 12.1. The number of aryl methyl sites for hydroxylation is 1. The zero-order valence-corrected chi connectivity index (χ0v) is 28.4. The van der Waals surface area contributed by atoms with Crippen LogP contribution in [0.1, 0.15) is 97.1 Å². The van der Waals surface area contributed by atoms with E-state index < -0.39 is 35.7 Å². The van der Waals surface area contributed by atoms with Gasteiger partial charge in [-0.05, 0) is 76.8 Å². The molecule has 2 aromatic rings. The molecule has 2 N–H and O–H groups in total. The minimum atomic E-state index is -1.17. The van der Waals surface area contributed by atoms with Gasteiger partial charge in [-0.1, -0.05) is 56.9 Å². The van der Waals surface area contributed by atoms with Crippen molar-refractivity contribution in [3.8, 4) is 5.88 Å². The largest absolute Gasteiger partial charge is 0.471 e. The molecule has 11 heteroatoms. The number of ketones is 1. The van der Waals surface area contributed by atoms with Crippen molar-refractivity contribution in [2.45, 2.75) is 128 Å². The normalized spacial score (nSPS) is 32.9. The molecule has 3 aliphatic heterocycles. The molecule has 3 bridgehead atoms. The van der Waals surface area contributed by atoms with Crippen molar-refractivity contribution in [1.29, 1.82) is 0 Å². The van der Waals surface area contributed by atoms with Gasteiger partial charge in [0, 0.05) is 12.3 Å². The SMILES string of the molecule is CC(=O)[C@]1(C)NC(=O)[C@@H]2C[C@@H]3CN2C(=O)[C@H](CCCCC/C=C\[C@@H]1C)NC(=O)O[C@@H]1C[C@H]1CCCCCc1nc2ccccc2nc1O3. The van der Waals surface area contributed by atoms with Crippen LogP contribution in [0.25, 0.3) is 11.0 Å². The van der Waals surface area contributed by atoms with E-state index in [1.807, 2.05) is 37.3 Å². The number of allylic oxidation sites excluding steroid dienone is 1. The number of hydrogen-bond acceptors (Lipinski definition) is 8. The van der Waals surface area contributed by atoms with Crippen molar-refractivity contribution in [2.24, 2.45) is 11.8 Å². The zero-order valence-electron chi connectivity index (χ0n) is 28.4. The Bertz CT molecular complexity index is 1560. The third-order valence-electron chi connectivity index (χ3n) is 10.7. The summed E-state index contributed by atoms with van der Waals surface area (Å²) in [7, 11) is 0. The van der Waals surface area contributed by atoms with Crippen LogP contribution >= 0.6 is 0 Å². The molecular formula is C37H49N5O6. The minimum absolute atomic E-state index is 0.120. The molecule has 0 radical (unpaired) electrons. The van der Waals surface area contributed by atoms with E-state index in [9.17, 15) is 19.2 Å². The van der Waals surface area contributed by atoms with Gasteiger partial charge >= 0.3 is 6.09 Å². The summed E-state index contributed by atoms with van der Waals surface area (Å²) in [5.74, 6) is -0.480. The third-order valence-corrected chi connectivity index (χ3v) is 10.7. The van der Waals surface area contributed by atoms with Crippen LogP contribution in [0.2, 0.25) is 0 Å². The van der Waals surface area contributed by atoms with Gasteiger partial charge in [-0.3, -0.25) is 14.4 Å². The van der Waals surface area contributed by atoms with Crippen LogP contribution in [0.15, 0.2) is 36.4 Å². The molecule has 7 atom stereocenters. The maximum atomic E-state index is 14.4. The van der Waals surface area contributed by atoms with Gasteiger partial charge < -0.3 is 25.0 Å². The second kappa shape index (κ2) is 14.6. The number of para-hydroxylation sites is 2. The number of nitrogens with one attached hydrogen (secondary N) is 2. The number of aromatic nitrogens is 2. The molecule has 0 unspecified atom stereocenters. The first-order valence-electron chi connectivity index (χ1n) is 17.8. The smallest absolute Gasteiger partial charge is 0.408 e. The van der Waals surface area contributed by atoms with Crippen LogP contribution in [-0.2, 0) is 25.5 Å². The summed E-state index contributed by atoms with van der Waals surface area (Å²) < 4.78 is 12.3. The highest BCUT2D eigenvalue weighted by Crippen LogP contribution is 2.38. The van der Waals surface area contributed by atoms with Crippen LogP contribution in [0.3, 0.4) is 0 Å². The number of fused-ring (bicyclic) bond motifs is 5. The van der Waals surface area contributed by atoms with E-state index in [0.717, 1.165) is 69.0 Å². The highest BCUT2D eigenvalue weighted by molar-refractivity contribution is 5.96. The average Bonchev–Trinajstić information content (AvgIpc) is 3.65. The second-order valence-corrected chi connectivity index (χ2v) is 14.3. The number of carbonyl (C=O) groups is 4. The number of benzene rings is 1. The van der Waals surface area contributed by atoms with Gasteiger partial charge in [0.25, 0.3) is 0 Å². The zero-order chi connectivity index (χ0) is 33.8. The lowest BCUT2D eigenvalue weighted by atomic mass is 9.82. The Morgan fingerprint density at radius 2 is 1.71 bits per heavy atom. The number of ether oxygens (including phenoxy) is 2. The van der Waals surface area contributed by atoms with Crippen LogP contribution in [0.4, 0.5) is 4.79 Å². The minimum Gasteiger partial charge on any atom is -0.471 e. The van der Waals surface area contributed by atoms with Crippen molar-refractivity contribution in [3.63, 3.8) is 0 Å². The molecular weight excluding hydrogens is 610 g/mol. The van der Waals surface area contributed by atoms with Gasteiger partial charge in [0.2, 0.25) is 17.7 Å². The number of hydrogen-bond donors (Lipinski definition) is 2. The number of amides is 3. The first kappa shape index (κ1) is 33.9. The summed E-state index contributed by atoms with van der Waals surface area (Å²) >= 11 is 0. The maximum Gasteiger partial charge on any atom is 0.408 e. The Hall–Kier alpha value is -4.02.